The Morgan fingerprint density at radius 1 is 1.21 bits per heavy atom. The van der Waals surface area contributed by atoms with E-state index in [1.807, 2.05) is 37.3 Å². The summed E-state index contributed by atoms with van der Waals surface area (Å²) in [6.07, 6.45) is 2.57. The molecule has 0 saturated heterocycles. The van der Waals surface area contributed by atoms with E-state index in [4.69, 9.17) is 14.2 Å². The van der Waals surface area contributed by atoms with E-state index in [0.29, 0.717) is 29.9 Å². The van der Waals surface area contributed by atoms with Gasteiger partial charge in [0.05, 0.1) is 18.2 Å². The van der Waals surface area contributed by atoms with Gasteiger partial charge in [0.15, 0.2) is 17.2 Å². The van der Waals surface area contributed by atoms with Crippen molar-refractivity contribution >= 4 is 33.9 Å². The smallest absolute Gasteiger partial charge is 0.363 e. The van der Waals surface area contributed by atoms with Crippen LogP contribution >= 0.6 is 15.9 Å². The van der Waals surface area contributed by atoms with Gasteiger partial charge in [0.25, 0.3) is 0 Å². The molecule has 1 aliphatic heterocycles. The molecule has 3 rings (SSSR count). The van der Waals surface area contributed by atoms with Gasteiger partial charge in [-0.2, -0.15) is 0 Å². The minimum absolute atomic E-state index is 0.240. The molecule has 0 saturated carbocycles. The van der Waals surface area contributed by atoms with Crippen LogP contribution in [0.25, 0.3) is 6.08 Å². The van der Waals surface area contributed by atoms with Crippen LogP contribution in [0.2, 0.25) is 0 Å². The summed E-state index contributed by atoms with van der Waals surface area (Å²) in [7, 11) is 1.58. The quantitative estimate of drug-likeness (QED) is 0.394. The molecular weight excluding hydrogens is 434 g/mol. The maximum absolute atomic E-state index is 12.3. The van der Waals surface area contributed by atoms with Crippen LogP contribution in [0.5, 0.6) is 11.5 Å². The Morgan fingerprint density at radius 2 is 1.93 bits per heavy atom. The molecule has 0 bridgehead atoms. The van der Waals surface area contributed by atoms with Crippen molar-refractivity contribution in [3.05, 3.63) is 63.3 Å². The number of aliphatic imine (C=N–C) groups is 1. The molecule has 0 amide bonds. The summed E-state index contributed by atoms with van der Waals surface area (Å²) in [4.78, 5) is 16.7. The molecule has 1 aliphatic rings. The summed E-state index contributed by atoms with van der Waals surface area (Å²) in [5.74, 6) is 1.49. The van der Waals surface area contributed by atoms with E-state index in [9.17, 15) is 4.79 Å². The molecule has 0 aromatic heterocycles. The maximum atomic E-state index is 12.3. The third-order valence-corrected chi connectivity index (χ3v) is 5.04. The lowest BCUT2D eigenvalue weighted by Gasteiger charge is -2.13. The fraction of sp³-hybridized carbons (Fsp3) is 0.304. The summed E-state index contributed by atoms with van der Waals surface area (Å²) in [5, 5.41) is 0. The van der Waals surface area contributed by atoms with Gasteiger partial charge in [0.2, 0.25) is 5.90 Å². The van der Waals surface area contributed by atoms with Crippen LogP contribution < -0.4 is 9.47 Å². The highest BCUT2D eigenvalue weighted by atomic mass is 79.9. The normalized spacial score (nSPS) is 14.9. The molecule has 0 spiro atoms. The molecule has 152 valence electrons. The number of carbonyl (C=O) groups excluding carboxylic acids is 1. The lowest BCUT2D eigenvalue weighted by Crippen LogP contribution is -2.05. The summed E-state index contributed by atoms with van der Waals surface area (Å²) in [5.41, 5.74) is 2.98. The number of cyclic esters (lactones) is 1. The van der Waals surface area contributed by atoms with E-state index >= 15 is 0 Å². The summed E-state index contributed by atoms with van der Waals surface area (Å²) < 4.78 is 17.3. The Labute approximate surface area is 179 Å². The van der Waals surface area contributed by atoms with E-state index in [1.165, 1.54) is 5.56 Å². The van der Waals surface area contributed by atoms with Crippen LogP contribution in [0.1, 0.15) is 49.8 Å². The van der Waals surface area contributed by atoms with E-state index in [1.54, 1.807) is 19.3 Å². The largest absolute Gasteiger partial charge is 0.493 e. The van der Waals surface area contributed by atoms with Crippen LogP contribution in [0.3, 0.4) is 0 Å². The average Bonchev–Trinajstić information content (AvgIpc) is 3.07. The van der Waals surface area contributed by atoms with Crippen LogP contribution in [0.4, 0.5) is 0 Å². The average molecular weight is 458 g/mol. The van der Waals surface area contributed by atoms with Gasteiger partial charge in [-0.05, 0) is 69.7 Å². The predicted molar refractivity (Wildman–Crippen MR) is 118 cm³/mol. The number of benzene rings is 2. The Hall–Kier alpha value is -2.60. The van der Waals surface area contributed by atoms with Gasteiger partial charge < -0.3 is 14.2 Å². The second-order valence-electron chi connectivity index (χ2n) is 7.00. The number of esters is 1. The minimum Gasteiger partial charge on any atom is -0.493 e. The highest BCUT2D eigenvalue weighted by Crippen LogP contribution is 2.37. The van der Waals surface area contributed by atoms with E-state index in [0.717, 1.165) is 22.0 Å². The molecule has 29 heavy (non-hydrogen) atoms. The second kappa shape index (κ2) is 9.27. The summed E-state index contributed by atoms with van der Waals surface area (Å²) in [6, 6.07) is 11.6. The number of halogens is 1. The van der Waals surface area contributed by atoms with Crippen LogP contribution in [0, 0.1) is 0 Å². The number of rotatable bonds is 7. The fourth-order valence-corrected chi connectivity index (χ4v) is 3.44. The third-order valence-electron chi connectivity index (χ3n) is 4.45. The Kier molecular flexibility index (Phi) is 6.75. The van der Waals surface area contributed by atoms with Crippen LogP contribution in [0.15, 0.2) is 51.6 Å². The summed E-state index contributed by atoms with van der Waals surface area (Å²) >= 11 is 3.51. The van der Waals surface area contributed by atoms with Crippen molar-refractivity contribution in [1.82, 2.24) is 0 Å². The number of hydrogen-bond acceptors (Lipinski definition) is 5. The summed E-state index contributed by atoms with van der Waals surface area (Å²) in [6.45, 7) is 6.89. The lowest BCUT2D eigenvalue weighted by molar-refractivity contribution is -0.129. The molecule has 2 aromatic rings. The van der Waals surface area contributed by atoms with Crippen molar-refractivity contribution in [2.45, 2.75) is 33.1 Å². The van der Waals surface area contributed by atoms with Crippen LogP contribution in [-0.2, 0) is 9.53 Å². The Balaban J connectivity index is 1.89. The van der Waals surface area contributed by atoms with Crippen LogP contribution in [-0.4, -0.2) is 25.6 Å². The molecule has 0 aliphatic carbocycles. The Bertz CT molecular complexity index is 962. The topological polar surface area (TPSA) is 57.1 Å². The molecule has 0 atom stereocenters. The second-order valence-corrected chi connectivity index (χ2v) is 7.85. The van der Waals surface area contributed by atoms with Crippen molar-refractivity contribution in [3.8, 4) is 11.5 Å². The molecular formula is C23H24BrNO4. The SMILES string of the molecule is CCCOc1c(Br)cc(/C=C2\N=C(c3ccc(C(C)C)cc3)OC2=O)cc1OC. The van der Waals surface area contributed by atoms with Gasteiger partial charge >= 0.3 is 5.97 Å². The fourth-order valence-electron chi connectivity index (χ4n) is 2.87. The lowest BCUT2D eigenvalue weighted by atomic mass is 10.0. The predicted octanol–water partition coefficient (Wildman–Crippen LogP) is 5.71. The number of ether oxygens (including phenoxy) is 3. The number of carbonyl (C=O) groups is 1. The van der Waals surface area contributed by atoms with E-state index < -0.39 is 5.97 Å². The number of methoxy groups -OCH3 is 1. The van der Waals surface area contributed by atoms with Gasteiger partial charge in [-0.1, -0.05) is 32.9 Å². The number of hydrogen-bond donors (Lipinski definition) is 0. The zero-order valence-electron chi connectivity index (χ0n) is 17.0. The molecule has 0 unspecified atom stereocenters. The third kappa shape index (κ3) is 4.88. The first-order valence-corrected chi connectivity index (χ1v) is 10.4. The van der Waals surface area contributed by atoms with Crippen molar-refractivity contribution in [2.24, 2.45) is 4.99 Å². The van der Waals surface area contributed by atoms with Gasteiger partial charge in [0.1, 0.15) is 0 Å². The van der Waals surface area contributed by atoms with Crippen molar-refractivity contribution < 1.29 is 19.0 Å². The van der Waals surface area contributed by atoms with Crippen molar-refractivity contribution in [1.29, 1.82) is 0 Å². The molecule has 0 radical (unpaired) electrons. The Morgan fingerprint density at radius 3 is 2.55 bits per heavy atom. The van der Waals surface area contributed by atoms with E-state index in [2.05, 4.69) is 34.8 Å². The monoisotopic (exact) mass is 457 g/mol. The van der Waals surface area contributed by atoms with Crippen molar-refractivity contribution in [2.75, 3.05) is 13.7 Å². The molecule has 0 N–H and O–H groups in total. The number of nitrogens with zero attached hydrogens (tertiary/aromatic N) is 1. The van der Waals surface area contributed by atoms with E-state index in [-0.39, 0.29) is 5.70 Å². The highest BCUT2D eigenvalue weighted by Gasteiger charge is 2.24. The van der Waals surface area contributed by atoms with Gasteiger partial charge in [-0.3, -0.25) is 0 Å². The molecule has 6 heteroatoms. The van der Waals surface area contributed by atoms with Crippen molar-refractivity contribution in [3.63, 3.8) is 0 Å². The van der Waals surface area contributed by atoms with Gasteiger partial charge in [-0.15, -0.1) is 0 Å². The zero-order valence-corrected chi connectivity index (χ0v) is 18.6. The molecule has 5 nitrogen and oxygen atoms in total. The maximum Gasteiger partial charge on any atom is 0.363 e. The zero-order chi connectivity index (χ0) is 21.0. The first kappa shape index (κ1) is 21.1. The standard InChI is InChI=1S/C23H24BrNO4/c1-5-10-28-21-18(24)11-15(13-20(21)27-4)12-19-23(26)29-22(25-19)17-8-6-16(7-9-17)14(2)3/h6-9,11-14H,5,10H2,1-4H3/b19-12-. The first-order valence-electron chi connectivity index (χ1n) is 9.56. The van der Waals surface area contributed by atoms with Gasteiger partial charge in [0, 0.05) is 5.56 Å². The molecule has 0 fully saturated rings. The minimum atomic E-state index is -0.477. The van der Waals surface area contributed by atoms with Gasteiger partial charge in [-0.25, -0.2) is 9.79 Å². The first-order chi connectivity index (χ1) is 13.9. The molecule has 2 aromatic carbocycles. The highest BCUT2D eigenvalue weighted by molar-refractivity contribution is 9.10. The molecule has 1 heterocycles.